The summed E-state index contributed by atoms with van der Waals surface area (Å²) in [6.45, 7) is 27.6. The maximum Gasteiger partial charge on any atom is 0.219 e. The van der Waals surface area contributed by atoms with Crippen LogP contribution in [-0.2, 0) is 21.7 Å². The molecular formula is C30H41Br5NS2+. The van der Waals surface area contributed by atoms with Gasteiger partial charge in [-0.2, -0.15) is 0 Å². The minimum Gasteiger partial charge on any atom is -1.00 e. The number of H-pyrrole nitrogens is 1. The molecule has 0 bridgehead atoms. The predicted octanol–water partition coefficient (Wildman–Crippen LogP) is 10.4. The highest BCUT2D eigenvalue weighted by Crippen LogP contribution is 2.46. The highest BCUT2D eigenvalue weighted by atomic mass is 80.9. The molecule has 8 heteroatoms. The van der Waals surface area contributed by atoms with Gasteiger partial charge >= 0.3 is 0 Å². The molecule has 0 unspecified atom stereocenters. The molecule has 0 saturated heterocycles. The van der Waals surface area contributed by atoms with Crippen molar-refractivity contribution in [2.75, 3.05) is 0 Å². The molecule has 3 rings (SSSR count). The van der Waals surface area contributed by atoms with Crippen LogP contribution in [-0.4, -0.2) is 4.98 Å². The summed E-state index contributed by atoms with van der Waals surface area (Å²) < 4.78 is 2.15. The van der Waals surface area contributed by atoms with E-state index in [-0.39, 0.29) is 38.6 Å². The Hall–Kier alpha value is 0.820. The second-order valence-electron chi connectivity index (χ2n) is 13.7. The third-order valence-electron chi connectivity index (χ3n) is 6.00. The second kappa shape index (κ2) is 13.4. The van der Waals surface area contributed by atoms with Crippen molar-refractivity contribution >= 4 is 82.8 Å². The van der Waals surface area contributed by atoms with E-state index in [1.807, 2.05) is 22.7 Å². The van der Waals surface area contributed by atoms with Gasteiger partial charge in [-0.1, -0.05) is 83.1 Å². The predicted molar refractivity (Wildman–Crippen MR) is 184 cm³/mol. The summed E-state index contributed by atoms with van der Waals surface area (Å²) in [5.41, 5.74) is 5.05. The molecule has 0 atom stereocenters. The van der Waals surface area contributed by atoms with E-state index in [4.69, 9.17) is 0 Å². The van der Waals surface area contributed by atoms with E-state index >= 15 is 0 Å². The minimum absolute atomic E-state index is 0. The first-order valence-electron chi connectivity index (χ1n) is 12.4. The van der Waals surface area contributed by atoms with Crippen molar-refractivity contribution in [2.45, 2.75) is 105 Å². The quantitative estimate of drug-likeness (QED) is 0.247. The first kappa shape index (κ1) is 36.8. The van der Waals surface area contributed by atoms with Crippen LogP contribution in [0.3, 0.4) is 0 Å². The molecule has 0 saturated carbocycles. The van der Waals surface area contributed by atoms with Crippen LogP contribution in [0.1, 0.15) is 103 Å². The summed E-state index contributed by atoms with van der Waals surface area (Å²) in [6, 6.07) is 9.45. The van der Waals surface area contributed by atoms with E-state index < -0.39 is 0 Å². The lowest BCUT2D eigenvalue weighted by Gasteiger charge is -2.16. The van der Waals surface area contributed by atoms with Crippen molar-refractivity contribution < 1.29 is 17.0 Å². The summed E-state index contributed by atoms with van der Waals surface area (Å²) in [6.07, 6.45) is 0. The number of hydrogen-bond acceptors (Lipinski definition) is 0. The molecule has 0 aliphatic carbocycles. The molecule has 3 heterocycles. The molecule has 0 fully saturated rings. The molecule has 0 amide bonds. The van der Waals surface area contributed by atoms with Crippen molar-refractivity contribution in [2.24, 2.45) is 0 Å². The molecule has 3 aromatic heterocycles. The number of hydrogen-bond donors (Lipinski definition) is 1. The van der Waals surface area contributed by atoms with Crippen LogP contribution in [0.4, 0.5) is 0 Å². The molecule has 0 radical (unpaired) electrons. The fourth-order valence-electron chi connectivity index (χ4n) is 3.62. The molecule has 38 heavy (non-hydrogen) atoms. The van der Waals surface area contributed by atoms with Gasteiger partial charge in [0.25, 0.3) is 0 Å². The van der Waals surface area contributed by atoms with Gasteiger partial charge in [0.1, 0.15) is 0 Å². The second-order valence-corrected chi connectivity index (χ2v) is 17.4. The van der Waals surface area contributed by atoms with E-state index in [0.29, 0.717) is 0 Å². The van der Waals surface area contributed by atoms with E-state index in [1.165, 1.54) is 30.6 Å². The average molecular weight is 879 g/mol. The maximum atomic E-state index is 3.93. The van der Waals surface area contributed by atoms with Gasteiger partial charge < -0.3 is 22.0 Å². The van der Waals surface area contributed by atoms with Gasteiger partial charge in [0.15, 0.2) is 0 Å². The monoisotopic (exact) mass is 874 g/mol. The Morgan fingerprint density at radius 1 is 0.500 bits per heavy atom. The van der Waals surface area contributed by atoms with Gasteiger partial charge in [-0.25, -0.2) is 0 Å². The van der Waals surface area contributed by atoms with Crippen LogP contribution >= 0.6 is 82.8 Å². The molecule has 0 aliphatic heterocycles. The van der Waals surface area contributed by atoms with Crippen molar-refractivity contribution in [3.05, 3.63) is 52.7 Å². The smallest absolute Gasteiger partial charge is 0.219 e. The van der Waals surface area contributed by atoms with Crippen molar-refractivity contribution in [1.82, 2.24) is 4.98 Å². The molecule has 212 valence electrons. The van der Waals surface area contributed by atoms with Crippen LogP contribution in [0.5, 0.6) is 0 Å². The number of aromatic nitrogens is 1. The van der Waals surface area contributed by atoms with Gasteiger partial charge in [0, 0.05) is 85.3 Å². The first-order chi connectivity index (χ1) is 16.7. The average Bonchev–Trinajstić information content (AvgIpc) is 3.07. The standard InChI is InChI=1S/C30H41Br2NS2.Br2.BrH/c1-27(2,3)19-13-17(14-20(34-19)28(4,5)6)25-23(31)24(32)26(33-25)18-15-21(29(7,8)9)35-22(16-18)30(10,11)12;1-2;/h13-16,33H,1-12H3;;1H/q+2;;/p-1. The van der Waals surface area contributed by atoms with E-state index in [1.54, 1.807) is 0 Å². The molecular weight excluding hydrogens is 838 g/mol. The Balaban J connectivity index is 0.00000235. The minimum atomic E-state index is 0. The molecule has 3 aromatic rings. The van der Waals surface area contributed by atoms with Crippen molar-refractivity contribution in [3.8, 4) is 22.5 Å². The number of rotatable bonds is 2. The highest BCUT2D eigenvalue weighted by Gasteiger charge is 2.35. The lowest BCUT2D eigenvalue weighted by atomic mass is 9.91. The van der Waals surface area contributed by atoms with Gasteiger partial charge in [-0.05, 0) is 31.9 Å². The third-order valence-corrected chi connectivity index (χ3v) is 11.9. The number of halogens is 5. The molecule has 0 aromatic carbocycles. The van der Waals surface area contributed by atoms with Crippen LogP contribution in [0.25, 0.3) is 22.5 Å². The lowest BCUT2D eigenvalue weighted by molar-refractivity contribution is -0.00000891. The van der Waals surface area contributed by atoms with E-state index in [0.717, 1.165) is 20.3 Å². The Morgan fingerprint density at radius 3 is 0.895 bits per heavy atom. The van der Waals surface area contributed by atoms with E-state index in [2.05, 4.69) is 172 Å². The Labute approximate surface area is 281 Å². The largest absolute Gasteiger partial charge is 1.00 e. The van der Waals surface area contributed by atoms with Gasteiger partial charge in [-0.3, -0.25) is 0 Å². The fraction of sp³-hybridized carbons (Fsp3) is 0.533. The molecule has 1 N–H and O–H groups in total. The number of aromatic amines is 1. The first-order valence-corrected chi connectivity index (χ1v) is 19.3. The summed E-state index contributed by atoms with van der Waals surface area (Å²) in [5.74, 6) is 0. The normalized spacial score (nSPS) is 12.5. The van der Waals surface area contributed by atoms with Gasteiger partial charge in [0.2, 0.25) is 42.2 Å². The Kier molecular flexibility index (Phi) is 13.0. The van der Waals surface area contributed by atoms with Gasteiger partial charge in [-0.15, -0.1) is 0 Å². The summed E-state index contributed by atoms with van der Waals surface area (Å²) in [7, 11) is 0. The third kappa shape index (κ3) is 8.91. The number of nitrogens with one attached hydrogen (secondary N) is 1. The lowest BCUT2D eigenvalue weighted by Crippen LogP contribution is -3.00. The summed E-state index contributed by atoms with van der Waals surface area (Å²) in [5, 5.41) is 0. The van der Waals surface area contributed by atoms with Gasteiger partial charge in [0.05, 0.1) is 20.3 Å². The van der Waals surface area contributed by atoms with Crippen molar-refractivity contribution in [3.63, 3.8) is 0 Å². The van der Waals surface area contributed by atoms with Crippen LogP contribution in [0.15, 0.2) is 33.2 Å². The van der Waals surface area contributed by atoms with Crippen molar-refractivity contribution in [1.29, 1.82) is 0 Å². The zero-order valence-corrected chi connectivity index (χ0v) is 34.1. The van der Waals surface area contributed by atoms with E-state index in [9.17, 15) is 0 Å². The zero-order chi connectivity index (χ0) is 28.7. The highest BCUT2D eigenvalue weighted by molar-refractivity contribution is 9.93. The summed E-state index contributed by atoms with van der Waals surface area (Å²) >= 11 is 17.2. The van der Waals surface area contributed by atoms with Crippen LogP contribution in [0.2, 0.25) is 0 Å². The molecule has 0 spiro atoms. The SMILES string of the molecule is BrBr.CC(C)(C)c1cc(-c2[nH]c(-c3cc(C(C)(C)C)[s+]c(C(C)(C)C)c3)c(Br)c2Br)cc(C(C)(C)C)[s+]1.[Br-]. The summed E-state index contributed by atoms with van der Waals surface area (Å²) in [4.78, 5) is 9.39. The van der Waals surface area contributed by atoms with Crippen LogP contribution < -0.4 is 17.0 Å². The van der Waals surface area contributed by atoms with Crippen LogP contribution in [0, 0.1) is 0 Å². The topological polar surface area (TPSA) is 15.8 Å². The molecule has 1 nitrogen and oxygen atoms in total. The molecule has 0 aliphatic rings. The maximum absolute atomic E-state index is 3.93. The Morgan fingerprint density at radius 2 is 0.711 bits per heavy atom. The Bertz CT molecular complexity index is 1090. The fourth-order valence-corrected chi connectivity index (χ4v) is 7.12. The zero-order valence-electron chi connectivity index (χ0n) is 24.5.